The molecular formula is C15H15N3. The lowest BCUT2D eigenvalue weighted by molar-refractivity contribution is 1.10. The number of aliphatic imine (C=N–C) groups is 2. The maximum absolute atomic E-state index is 4.54. The molecule has 1 unspecified atom stereocenters. The molecule has 3 rings (SSSR count). The van der Waals surface area contributed by atoms with Crippen LogP contribution in [0.4, 0.5) is 5.69 Å². The fraction of sp³-hybridized carbons (Fsp3) is 0.200. The first kappa shape index (κ1) is 11.0. The zero-order chi connectivity index (χ0) is 12.4. The van der Waals surface area contributed by atoms with Gasteiger partial charge in [0.05, 0.1) is 5.71 Å². The average Bonchev–Trinajstić information content (AvgIpc) is 2.81. The molecule has 0 fully saturated rings. The van der Waals surface area contributed by atoms with Crippen LogP contribution in [0.1, 0.15) is 12.5 Å². The van der Waals surface area contributed by atoms with Crippen LogP contribution in [0.2, 0.25) is 0 Å². The fourth-order valence-electron chi connectivity index (χ4n) is 2.15. The molecule has 3 nitrogen and oxygen atoms in total. The minimum absolute atomic E-state index is 0.0892. The fourth-order valence-corrected chi connectivity index (χ4v) is 2.15. The van der Waals surface area contributed by atoms with Gasteiger partial charge in [0.2, 0.25) is 5.96 Å². The summed E-state index contributed by atoms with van der Waals surface area (Å²) in [6.07, 6.45) is 9.06. The number of aryl methyl sites for hydroxylation is 1. The van der Waals surface area contributed by atoms with Crippen LogP contribution >= 0.6 is 0 Å². The van der Waals surface area contributed by atoms with Crippen LogP contribution in [0.15, 0.2) is 58.6 Å². The number of fused-ring (bicyclic) bond motifs is 1. The van der Waals surface area contributed by atoms with Gasteiger partial charge < -0.3 is 5.32 Å². The molecule has 0 saturated carbocycles. The summed E-state index contributed by atoms with van der Waals surface area (Å²) in [5.41, 5.74) is 3.38. The van der Waals surface area contributed by atoms with Gasteiger partial charge in [-0.15, -0.1) is 0 Å². The predicted molar refractivity (Wildman–Crippen MR) is 76.4 cm³/mol. The number of hydrogen-bond acceptors (Lipinski definition) is 3. The maximum Gasteiger partial charge on any atom is 0.223 e. The molecule has 90 valence electrons. The number of hydrogen-bond donors (Lipinski definition) is 1. The van der Waals surface area contributed by atoms with Gasteiger partial charge in [0, 0.05) is 5.69 Å². The zero-order valence-corrected chi connectivity index (χ0v) is 10.3. The van der Waals surface area contributed by atoms with Crippen LogP contribution in [0.3, 0.4) is 0 Å². The van der Waals surface area contributed by atoms with Crippen molar-refractivity contribution in [1.82, 2.24) is 0 Å². The molecule has 1 aromatic rings. The number of guanidine groups is 1. The summed E-state index contributed by atoms with van der Waals surface area (Å²) in [4.78, 5) is 9.04. The van der Waals surface area contributed by atoms with Crippen molar-refractivity contribution in [2.45, 2.75) is 19.4 Å². The molecule has 1 aliphatic carbocycles. The molecule has 2 aliphatic rings. The first-order valence-corrected chi connectivity index (χ1v) is 6.23. The normalized spacial score (nSPS) is 20.4. The molecule has 0 radical (unpaired) electrons. The van der Waals surface area contributed by atoms with Gasteiger partial charge in [-0.2, -0.15) is 0 Å². The number of nitrogens with zero attached hydrogens (tertiary/aromatic N) is 2. The molecule has 1 N–H and O–H groups in total. The predicted octanol–water partition coefficient (Wildman–Crippen LogP) is 2.97. The number of anilines is 1. The van der Waals surface area contributed by atoms with E-state index in [2.05, 4.69) is 46.5 Å². The number of allylic oxidation sites excluding steroid dienone is 2. The van der Waals surface area contributed by atoms with E-state index >= 15 is 0 Å². The van der Waals surface area contributed by atoms with Crippen molar-refractivity contribution in [2.75, 3.05) is 5.32 Å². The Labute approximate surface area is 107 Å². The van der Waals surface area contributed by atoms with Crippen LogP contribution < -0.4 is 5.32 Å². The summed E-state index contributed by atoms with van der Waals surface area (Å²) in [5.74, 6) is 0.701. The highest BCUT2D eigenvalue weighted by Crippen LogP contribution is 2.18. The van der Waals surface area contributed by atoms with E-state index in [1.165, 1.54) is 5.56 Å². The van der Waals surface area contributed by atoms with Crippen molar-refractivity contribution in [2.24, 2.45) is 9.98 Å². The van der Waals surface area contributed by atoms with E-state index in [-0.39, 0.29) is 6.04 Å². The lowest BCUT2D eigenvalue weighted by atomic mass is 10.1. The Hall–Kier alpha value is -2.16. The molecule has 1 aliphatic heterocycles. The lowest BCUT2D eigenvalue weighted by Crippen LogP contribution is -2.11. The molecule has 0 spiro atoms. The number of rotatable bonds is 2. The highest BCUT2D eigenvalue weighted by molar-refractivity contribution is 6.15. The molecule has 1 heterocycles. The van der Waals surface area contributed by atoms with Gasteiger partial charge in [-0.3, -0.25) is 0 Å². The molecular weight excluding hydrogens is 222 g/mol. The third-order valence-electron chi connectivity index (χ3n) is 3.12. The Morgan fingerprint density at radius 1 is 1.22 bits per heavy atom. The highest BCUT2D eigenvalue weighted by atomic mass is 15.2. The summed E-state index contributed by atoms with van der Waals surface area (Å²) in [6, 6.07) is 8.35. The van der Waals surface area contributed by atoms with Gasteiger partial charge in [0.15, 0.2) is 0 Å². The first-order chi connectivity index (χ1) is 8.86. The van der Waals surface area contributed by atoms with Crippen molar-refractivity contribution in [3.8, 4) is 0 Å². The van der Waals surface area contributed by atoms with E-state index in [1.54, 1.807) is 0 Å². The van der Waals surface area contributed by atoms with Gasteiger partial charge in [0.1, 0.15) is 6.04 Å². The third kappa shape index (κ3) is 1.99. The Balaban J connectivity index is 1.84. The molecule has 0 bridgehead atoms. The van der Waals surface area contributed by atoms with Crippen LogP contribution in [0.25, 0.3) is 0 Å². The first-order valence-electron chi connectivity index (χ1n) is 6.23. The van der Waals surface area contributed by atoms with Gasteiger partial charge in [-0.05, 0) is 24.1 Å². The Bertz CT molecular complexity index is 579. The van der Waals surface area contributed by atoms with Crippen molar-refractivity contribution >= 4 is 17.4 Å². The lowest BCUT2D eigenvalue weighted by Gasteiger charge is -2.08. The second-order valence-corrected chi connectivity index (χ2v) is 4.31. The second-order valence-electron chi connectivity index (χ2n) is 4.31. The van der Waals surface area contributed by atoms with E-state index in [1.807, 2.05) is 24.3 Å². The molecule has 1 atom stereocenters. The minimum Gasteiger partial charge on any atom is -0.324 e. The smallest absolute Gasteiger partial charge is 0.223 e. The minimum atomic E-state index is 0.0892. The maximum atomic E-state index is 4.54. The highest BCUT2D eigenvalue weighted by Gasteiger charge is 2.19. The Morgan fingerprint density at radius 3 is 2.94 bits per heavy atom. The van der Waals surface area contributed by atoms with Crippen LogP contribution in [0, 0.1) is 0 Å². The quantitative estimate of drug-likeness (QED) is 0.843. The largest absolute Gasteiger partial charge is 0.324 e. The van der Waals surface area contributed by atoms with Gasteiger partial charge in [-0.1, -0.05) is 43.4 Å². The zero-order valence-electron chi connectivity index (χ0n) is 10.3. The summed E-state index contributed by atoms with van der Waals surface area (Å²) < 4.78 is 0. The average molecular weight is 237 g/mol. The molecule has 3 heteroatoms. The standard InChI is InChI=1S/C15H15N3/c1-2-11-7-3-4-8-12(11)16-15-17-13-9-5-6-10-14(13)18-15/h3-10,13H,2H2,1H3,(H,16,17). The Kier molecular flexibility index (Phi) is 2.81. The molecule has 0 aromatic heterocycles. The van der Waals surface area contributed by atoms with Crippen molar-refractivity contribution in [3.05, 3.63) is 54.1 Å². The summed E-state index contributed by atoms with van der Waals surface area (Å²) in [7, 11) is 0. The van der Waals surface area contributed by atoms with E-state index in [4.69, 9.17) is 0 Å². The summed E-state index contributed by atoms with van der Waals surface area (Å²) >= 11 is 0. The second kappa shape index (κ2) is 4.61. The Morgan fingerprint density at radius 2 is 2.11 bits per heavy atom. The van der Waals surface area contributed by atoms with Crippen LogP contribution in [-0.2, 0) is 6.42 Å². The van der Waals surface area contributed by atoms with Crippen LogP contribution in [0.5, 0.6) is 0 Å². The summed E-state index contributed by atoms with van der Waals surface area (Å²) in [6.45, 7) is 2.15. The van der Waals surface area contributed by atoms with Gasteiger partial charge in [-0.25, -0.2) is 9.98 Å². The summed E-state index contributed by atoms with van der Waals surface area (Å²) in [5, 5.41) is 3.31. The third-order valence-corrected chi connectivity index (χ3v) is 3.12. The van der Waals surface area contributed by atoms with Crippen molar-refractivity contribution in [1.29, 1.82) is 0 Å². The molecule has 18 heavy (non-hydrogen) atoms. The number of nitrogens with one attached hydrogen (secondary N) is 1. The van der Waals surface area contributed by atoms with Crippen molar-refractivity contribution in [3.63, 3.8) is 0 Å². The number of para-hydroxylation sites is 1. The number of benzene rings is 1. The van der Waals surface area contributed by atoms with Crippen LogP contribution in [-0.4, -0.2) is 17.7 Å². The SMILES string of the molecule is CCc1ccccc1NC1=NC2C=CC=CC2=N1. The van der Waals surface area contributed by atoms with Crippen molar-refractivity contribution < 1.29 is 0 Å². The van der Waals surface area contributed by atoms with Gasteiger partial charge in [0.25, 0.3) is 0 Å². The van der Waals surface area contributed by atoms with Gasteiger partial charge >= 0.3 is 0 Å². The van der Waals surface area contributed by atoms with E-state index in [0.29, 0.717) is 5.96 Å². The van der Waals surface area contributed by atoms with E-state index < -0.39 is 0 Å². The molecule has 0 amide bonds. The topological polar surface area (TPSA) is 36.8 Å². The molecule has 0 saturated heterocycles. The molecule has 1 aromatic carbocycles. The van der Waals surface area contributed by atoms with E-state index in [9.17, 15) is 0 Å². The monoisotopic (exact) mass is 237 g/mol. The van der Waals surface area contributed by atoms with E-state index in [0.717, 1.165) is 17.8 Å².